The molecule has 0 heterocycles. The van der Waals surface area contributed by atoms with Crippen LogP contribution in [0.1, 0.15) is 17.5 Å². The number of nitrogens with zero attached hydrogens (tertiary/aromatic N) is 1. The molecule has 1 rings (SSSR count). The summed E-state index contributed by atoms with van der Waals surface area (Å²) < 4.78 is 4.60. The average Bonchev–Trinajstić information content (AvgIpc) is 2.46. The van der Waals surface area contributed by atoms with Gasteiger partial charge in [0, 0.05) is 6.04 Å². The highest BCUT2D eigenvalue weighted by Gasteiger charge is 2.17. The molecular formula is C14H15ClN2O3. The minimum Gasteiger partial charge on any atom is -0.469 e. The molecule has 1 amide bonds. The number of carbonyl (C=O) groups excluding carboxylic acids is 2. The van der Waals surface area contributed by atoms with Gasteiger partial charge in [0.25, 0.3) is 0 Å². The van der Waals surface area contributed by atoms with Crippen LogP contribution in [0.4, 0.5) is 0 Å². The lowest BCUT2D eigenvalue weighted by Crippen LogP contribution is -2.39. The number of carbonyl (C=O) groups is 2. The van der Waals surface area contributed by atoms with E-state index >= 15 is 0 Å². The SMILES string of the molecule is COC(=O)C[C@H](Cc1cccc(C#N)c1)NC(=O)CCl. The van der Waals surface area contributed by atoms with Crippen molar-refractivity contribution < 1.29 is 14.3 Å². The summed E-state index contributed by atoms with van der Waals surface area (Å²) in [6.07, 6.45) is 0.475. The van der Waals surface area contributed by atoms with E-state index in [1.807, 2.05) is 12.1 Å². The molecule has 0 radical (unpaired) electrons. The summed E-state index contributed by atoms with van der Waals surface area (Å²) >= 11 is 5.45. The number of esters is 1. The molecule has 1 atom stereocenters. The van der Waals surface area contributed by atoms with Crippen LogP contribution in [0.15, 0.2) is 24.3 Å². The van der Waals surface area contributed by atoms with E-state index < -0.39 is 12.0 Å². The van der Waals surface area contributed by atoms with Gasteiger partial charge in [0.1, 0.15) is 5.88 Å². The van der Waals surface area contributed by atoms with Crippen LogP contribution in [0.3, 0.4) is 0 Å². The van der Waals surface area contributed by atoms with Gasteiger partial charge in [-0.05, 0) is 24.1 Å². The monoisotopic (exact) mass is 294 g/mol. The quantitative estimate of drug-likeness (QED) is 0.635. The maximum atomic E-state index is 11.4. The van der Waals surface area contributed by atoms with Gasteiger partial charge < -0.3 is 10.1 Å². The lowest BCUT2D eigenvalue weighted by atomic mass is 10.0. The van der Waals surface area contributed by atoms with E-state index in [9.17, 15) is 9.59 Å². The number of alkyl halides is 1. The molecule has 0 saturated carbocycles. The lowest BCUT2D eigenvalue weighted by molar-refractivity contribution is -0.141. The van der Waals surface area contributed by atoms with Gasteiger partial charge in [-0.3, -0.25) is 9.59 Å². The highest BCUT2D eigenvalue weighted by atomic mass is 35.5. The Morgan fingerprint density at radius 3 is 2.85 bits per heavy atom. The smallest absolute Gasteiger partial charge is 0.307 e. The van der Waals surface area contributed by atoms with E-state index in [1.54, 1.807) is 18.2 Å². The Morgan fingerprint density at radius 2 is 2.25 bits per heavy atom. The number of nitrogens with one attached hydrogen (secondary N) is 1. The van der Waals surface area contributed by atoms with Crippen LogP contribution in [0, 0.1) is 11.3 Å². The minimum absolute atomic E-state index is 0.0515. The maximum absolute atomic E-state index is 11.4. The Balaban J connectivity index is 2.79. The molecule has 1 aromatic carbocycles. The summed E-state index contributed by atoms with van der Waals surface area (Å²) in [5.41, 5.74) is 1.39. The molecule has 0 aromatic heterocycles. The van der Waals surface area contributed by atoms with Crippen molar-refractivity contribution in [1.82, 2.24) is 5.32 Å². The Hall–Kier alpha value is -2.06. The number of methoxy groups -OCH3 is 1. The summed E-state index contributed by atoms with van der Waals surface area (Å²) in [6.45, 7) is 0. The zero-order chi connectivity index (χ0) is 15.0. The molecule has 0 spiro atoms. The lowest BCUT2D eigenvalue weighted by Gasteiger charge is -2.17. The second-order valence-electron chi connectivity index (χ2n) is 4.19. The van der Waals surface area contributed by atoms with Crippen molar-refractivity contribution >= 4 is 23.5 Å². The van der Waals surface area contributed by atoms with Crippen molar-refractivity contribution in [3.63, 3.8) is 0 Å². The summed E-state index contributed by atoms with van der Waals surface area (Å²) in [5.74, 6) is -0.936. The Kier molecular flexibility index (Phi) is 6.54. The van der Waals surface area contributed by atoms with Gasteiger partial charge in [0.05, 0.1) is 25.2 Å². The van der Waals surface area contributed by atoms with Crippen LogP contribution in [-0.2, 0) is 20.7 Å². The van der Waals surface area contributed by atoms with Crippen LogP contribution in [0.5, 0.6) is 0 Å². The minimum atomic E-state index is -0.415. The Labute approximate surface area is 122 Å². The molecule has 0 aliphatic heterocycles. The number of rotatable bonds is 6. The van der Waals surface area contributed by atoms with Gasteiger partial charge >= 0.3 is 5.97 Å². The van der Waals surface area contributed by atoms with Crippen molar-refractivity contribution in [1.29, 1.82) is 5.26 Å². The number of halogens is 1. The van der Waals surface area contributed by atoms with Gasteiger partial charge in [-0.1, -0.05) is 12.1 Å². The average molecular weight is 295 g/mol. The first-order valence-corrected chi connectivity index (χ1v) is 6.53. The molecule has 0 aliphatic rings. The van der Waals surface area contributed by atoms with E-state index in [-0.39, 0.29) is 18.2 Å². The fraction of sp³-hybridized carbons (Fsp3) is 0.357. The standard InChI is InChI=1S/C14H15ClN2O3/c1-20-14(19)7-12(17-13(18)8-15)6-10-3-2-4-11(5-10)9-16/h2-5,12H,6-8H2,1H3,(H,17,18)/t12-/m0/s1. The molecule has 5 nitrogen and oxygen atoms in total. The molecular weight excluding hydrogens is 280 g/mol. The second kappa shape index (κ2) is 8.18. The predicted octanol–water partition coefficient (Wildman–Crippen LogP) is 1.39. The van der Waals surface area contributed by atoms with Crippen LogP contribution >= 0.6 is 11.6 Å². The molecule has 1 N–H and O–H groups in total. The van der Waals surface area contributed by atoms with E-state index in [1.165, 1.54) is 7.11 Å². The van der Waals surface area contributed by atoms with Crippen molar-refractivity contribution in [3.8, 4) is 6.07 Å². The Morgan fingerprint density at radius 1 is 1.50 bits per heavy atom. The van der Waals surface area contributed by atoms with Crippen molar-refractivity contribution in [3.05, 3.63) is 35.4 Å². The first-order valence-electron chi connectivity index (χ1n) is 6.00. The molecule has 6 heteroatoms. The topological polar surface area (TPSA) is 79.2 Å². The van der Waals surface area contributed by atoms with E-state index in [0.717, 1.165) is 5.56 Å². The van der Waals surface area contributed by atoms with Crippen molar-refractivity contribution in [2.24, 2.45) is 0 Å². The van der Waals surface area contributed by atoms with Crippen LogP contribution in [-0.4, -0.2) is 30.9 Å². The molecule has 0 fully saturated rings. The Bertz CT molecular complexity index is 507. The van der Waals surface area contributed by atoms with Crippen molar-refractivity contribution in [2.75, 3.05) is 13.0 Å². The molecule has 0 aliphatic carbocycles. The van der Waals surface area contributed by atoms with E-state index in [0.29, 0.717) is 12.0 Å². The number of hydrogen-bond acceptors (Lipinski definition) is 4. The summed E-state index contributed by atoms with van der Waals surface area (Å²) in [7, 11) is 1.29. The number of ether oxygens (including phenoxy) is 1. The molecule has 0 unspecified atom stereocenters. The van der Waals surface area contributed by atoms with Gasteiger partial charge in [0.15, 0.2) is 0 Å². The number of amides is 1. The first-order chi connectivity index (χ1) is 9.58. The second-order valence-corrected chi connectivity index (χ2v) is 4.46. The fourth-order valence-corrected chi connectivity index (χ4v) is 1.85. The summed E-state index contributed by atoms with van der Waals surface area (Å²) in [5, 5.41) is 11.5. The largest absolute Gasteiger partial charge is 0.469 e. The molecule has 0 bridgehead atoms. The van der Waals surface area contributed by atoms with Crippen LogP contribution in [0.2, 0.25) is 0 Å². The third-order valence-electron chi connectivity index (χ3n) is 2.67. The zero-order valence-corrected chi connectivity index (χ0v) is 11.8. The molecule has 0 saturated heterocycles. The zero-order valence-electron chi connectivity index (χ0n) is 11.1. The number of nitriles is 1. The summed E-state index contributed by atoms with van der Waals surface area (Å²) in [6, 6.07) is 8.63. The van der Waals surface area contributed by atoms with Gasteiger partial charge in [0.2, 0.25) is 5.91 Å². The van der Waals surface area contributed by atoms with E-state index in [2.05, 4.69) is 10.1 Å². The third kappa shape index (κ3) is 5.29. The van der Waals surface area contributed by atoms with Gasteiger partial charge in [-0.25, -0.2) is 0 Å². The number of hydrogen-bond donors (Lipinski definition) is 1. The van der Waals surface area contributed by atoms with Crippen molar-refractivity contribution in [2.45, 2.75) is 18.9 Å². The van der Waals surface area contributed by atoms with Crippen LogP contribution in [0.25, 0.3) is 0 Å². The first kappa shape index (κ1) is 16.0. The third-order valence-corrected chi connectivity index (χ3v) is 2.91. The van der Waals surface area contributed by atoms with E-state index in [4.69, 9.17) is 16.9 Å². The number of benzene rings is 1. The highest BCUT2D eigenvalue weighted by molar-refractivity contribution is 6.27. The summed E-state index contributed by atoms with van der Waals surface area (Å²) in [4.78, 5) is 22.7. The van der Waals surface area contributed by atoms with Crippen LogP contribution < -0.4 is 5.32 Å². The molecule has 1 aromatic rings. The van der Waals surface area contributed by atoms with Gasteiger partial charge in [-0.2, -0.15) is 5.26 Å². The fourth-order valence-electron chi connectivity index (χ4n) is 1.78. The normalized spacial score (nSPS) is 11.2. The predicted molar refractivity (Wildman–Crippen MR) is 74.1 cm³/mol. The van der Waals surface area contributed by atoms with Gasteiger partial charge in [-0.15, -0.1) is 11.6 Å². The molecule has 106 valence electrons. The maximum Gasteiger partial charge on any atom is 0.307 e. The highest BCUT2D eigenvalue weighted by Crippen LogP contribution is 2.09. The molecule has 20 heavy (non-hydrogen) atoms.